The Labute approximate surface area is 138 Å². The molecule has 0 aliphatic carbocycles. The summed E-state index contributed by atoms with van der Waals surface area (Å²) in [5.74, 6) is -0.808. The molecule has 0 saturated heterocycles. The van der Waals surface area contributed by atoms with E-state index in [2.05, 4.69) is 25.7 Å². The van der Waals surface area contributed by atoms with E-state index < -0.39 is 16.6 Å². The number of methoxy groups -OCH3 is 1. The fourth-order valence-corrected chi connectivity index (χ4v) is 2.25. The van der Waals surface area contributed by atoms with Gasteiger partial charge in [-0.2, -0.15) is 0 Å². The number of carbonyl (C=O) groups is 1. The second-order valence-electron chi connectivity index (χ2n) is 3.97. The van der Waals surface area contributed by atoms with Crippen molar-refractivity contribution in [1.29, 1.82) is 0 Å². The highest BCUT2D eigenvalue weighted by Crippen LogP contribution is 2.35. The lowest BCUT2D eigenvalue weighted by Gasteiger charge is -2.08. The minimum Gasteiger partial charge on any atom is -0.465 e. The Balaban J connectivity index is 2.42. The van der Waals surface area contributed by atoms with E-state index in [9.17, 15) is 14.9 Å². The number of nitrogens with zero attached hydrogens (tertiary/aromatic N) is 2. The zero-order valence-corrected chi connectivity index (χ0v) is 13.4. The molecule has 0 aliphatic rings. The van der Waals surface area contributed by atoms with Crippen molar-refractivity contribution in [2.45, 2.75) is 0 Å². The smallest absolute Gasteiger partial charge is 0.339 e. The second-order valence-corrected chi connectivity index (χ2v) is 5.30. The molecule has 2 rings (SSSR count). The van der Waals surface area contributed by atoms with Crippen molar-refractivity contribution in [3.8, 4) is 11.6 Å². The van der Waals surface area contributed by atoms with Crippen LogP contribution in [-0.2, 0) is 4.74 Å². The molecule has 0 aliphatic heterocycles. The van der Waals surface area contributed by atoms with Gasteiger partial charge in [0.1, 0.15) is 5.75 Å². The molecule has 0 atom stereocenters. The number of pyridine rings is 1. The molecule has 0 fully saturated rings. The van der Waals surface area contributed by atoms with Crippen LogP contribution in [0.5, 0.6) is 11.6 Å². The number of nitro groups is 1. The third-order valence-corrected chi connectivity index (χ3v) is 3.34. The number of carbonyl (C=O) groups excluding carboxylic acids is 1. The fraction of sp³-hybridized carbons (Fsp3) is 0.0769. The predicted octanol–water partition coefficient (Wildman–Crippen LogP) is 3.98. The minimum absolute atomic E-state index is 0.0524. The highest BCUT2D eigenvalue weighted by Gasteiger charge is 2.22. The Kier molecular flexibility index (Phi) is 4.94. The lowest BCUT2D eigenvalue weighted by Crippen LogP contribution is -2.04. The Morgan fingerprint density at radius 3 is 2.73 bits per heavy atom. The molecule has 22 heavy (non-hydrogen) atoms. The SMILES string of the molecule is COC(=O)c1cnc(Oc2ccc(Br)cc2Cl)c([N+](=O)[O-])c1. The highest BCUT2D eigenvalue weighted by molar-refractivity contribution is 9.10. The quantitative estimate of drug-likeness (QED) is 0.447. The van der Waals surface area contributed by atoms with E-state index in [1.54, 1.807) is 12.1 Å². The first-order valence-corrected chi connectivity index (χ1v) is 6.95. The molecule has 7 nitrogen and oxygen atoms in total. The van der Waals surface area contributed by atoms with Crippen LogP contribution < -0.4 is 4.74 Å². The van der Waals surface area contributed by atoms with E-state index >= 15 is 0 Å². The molecule has 0 amide bonds. The Morgan fingerprint density at radius 2 is 2.14 bits per heavy atom. The molecule has 2 aromatic rings. The maximum Gasteiger partial charge on any atom is 0.339 e. The summed E-state index contributed by atoms with van der Waals surface area (Å²) in [7, 11) is 1.17. The van der Waals surface area contributed by atoms with E-state index in [-0.39, 0.29) is 22.2 Å². The van der Waals surface area contributed by atoms with Crippen molar-refractivity contribution >= 4 is 39.2 Å². The van der Waals surface area contributed by atoms with E-state index in [4.69, 9.17) is 16.3 Å². The van der Waals surface area contributed by atoms with Crippen LogP contribution in [0.4, 0.5) is 5.69 Å². The molecular weight excluding hydrogens is 380 g/mol. The fourth-order valence-electron chi connectivity index (χ4n) is 1.54. The highest BCUT2D eigenvalue weighted by atomic mass is 79.9. The number of rotatable bonds is 4. The van der Waals surface area contributed by atoms with Crippen LogP contribution in [-0.4, -0.2) is 23.0 Å². The van der Waals surface area contributed by atoms with Crippen LogP contribution in [0.15, 0.2) is 34.9 Å². The van der Waals surface area contributed by atoms with Crippen LogP contribution in [0.3, 0.4) is 0 Å². The van der Waals surface area contributed by atoms with Crippen LogP contribution in [0.2, 0.25) is 5.02 Å². The minimum atomic E-state index is -0.733. The van der Waals surface area contributed by atoms with Crippen molar-refractivity contribution in [2.75, 3.05) is 7.11 Å². The molecule has 9 heteroatoms. The van der Waals surface area contributed by atoms with Crippen molar-refractivity contribution in [1.82, 2.24) is 4.98 Å². The molecule has 0 bridgehead atoms. The van der Waals surface area contributed by atoms with Crippen molar-refractivity contribution in [2.24, 2.45) is 0 Å². The summed E-state index contributed by atoms with van der Waals surface area (Å²) in [4.78, 5) is 25.6. The largest absolute Gasteiger partial charge is 0.465 e. The van der Waals surface area contributed by atoms with Crippen molar-refractivity contribution < 1.29 is 19.2 Å². The molecular formula is C13H8BrClN2O5. The first-order valence-electron chi connectivity index (χ1n) is 5.78. The summed E-state index contributed by atoms with van der Waals surface area (Å²) in [5, 5.41) is 11.4. The summed E-state index contributed by atoms with van der Waals surface area (Å²) >= 11 is 9.23. The van der Waals surface area contributed by atoms with Gasteiger partial charge in [-0.05, 0) is 18.2 Å². The molecule has 1 aromatic heterocycles. The monoisotopic (exact) mass is 386 g/mol. The number of esters is 1. The standard InChI is InChI=1S/C13H8BrClN2O5/c1-21-13(18)7-4-10(17(19)20)12(16-6-7)22-11-3-2-8(14)5-9(11)15/h2-6H,1H3. The molecule has 0 N–H and O–H groups in total. The molecule has 0 unspecified atom stereocenters. The average Bonchev–Trinajstić information content (AvgIpc) is 2.49. The van der Waals surface area contributed by atoms with Crippen LogP contribution in [0.25, 0.3) is 0 Å². The number of hydrogen-bond acceptors (Lipinski definition) is 6. The Morgan fingerprint density at radius 1 is 1.41 bits per heavy atom. The van der Waals surface area contributed by atoms with Gasteiger partial charge in [0.2, 0.25) is 0 Å². The third kappa shape index (κ3) is 3.52. The molecule has 114 valence electrons. The molecule has 1 heterocycles. The van der Waals surface area contributed by atoms with Gasteiger partial charge in [-0.3, -0.25) is 10.1 Å². The normalized spacial score (nSPS) is 10.1. The van der Waals surface area contributed by atoms with E-state index in [0.717, 1.165) is 16.7 Å². The summed E-state index contributed by atoms with van der Waals surface area (Å²) in [6.07, 6.45) is 1.13. The number of hydrogen-bond donors (Lipinski definition) is 0. The maximum absolute atomic E-state index is 11.4. The first-order chi connectivity index (χ1) is 10.4. The van der Waals surface area contributed by atoms with Crippen LogP contribution in [0, 0.1) is 10.1 Å². The molecule has 0 saturated carbocycles. The van der Waals surface area contributed by atoms with Gasteiger partial charge >= 0.3 is 11.7 Å². The number of halogens is 2. The summed E-state index contributed by atoms with van der Waals surface area (Å²) in [6, 6.07) is 5.80. The summed E-state index contributed by atoms with van der Waals surface area (Å²) < 4.78 is 10.6. The average molecular weight is 388 g/mol. The van der Waals surface area contributed by atoms with Gasteiger partial charge in [0, 0.05) is 16.7 Å². The summed E-state index contributed by atoms with van der Waals surface area (Å²) in [5.41, 5.74) is -0.523. The third-order valence-electron chi connectivity index (χ3n) is 2.55. The van der Waals surface area contributed by atoms with Crippen molar-refractivity contribution in [3.05, 3.63) is 55.6 Å². The molecule has 0 spiro atoms. The van der Waals surface area contributed by atoms with Crippen LogP contribution >= 0.6 is 27.5 Å². The predicted molar refractivity (Wildman–Crippen MR) is 81.5 cm³/mol. The maximum atomic E-state index is 11.4. The van der Waals surface area contributed by atoms with Crippen molar-refractivity contribution in [3.63, 3.8) is 0 Å². The second kappa shape index (κ2) is 6.71. The molecule has 0 radical (unpaired) electrons. The lowest BCUT2D eigenvalue weighted by molar-refractivity contribution is -0.386. The van der Waals surface area contributed by atoms with E-state index in [0.29, 0.717) is 0 Å². The van der Waals surface area contributed by atoms with Gasteiger partial charge in [-0.25, -0.2) is 9.78 Å². The first kappa shape index (κ1) is 16.2. The number of aromatic nitrogens is 1. The molecule has 1 aromatic carbocycles. The van der Waals surface area contributed by atoms with Gasteiger partial charge in [0.25, 0.3) is 5.88 Å². The van der Waals surface area contributed by atoms with Crippen LogP contribution in [0.1, 0.15) is 10.4 Å². The van der Waals surface area contributed by atoms with Gasteiger partial charge < -0.3 is 9.47 Å². The van der Waals surface area contributed by atoms with Gasteiger partial charge in [-0.15, -0.1) is 0 Å². The van der Waals surface area contributed by atoms with Gasteiger partial charge in [-0.1, -0.05) is 27.5 Å². The topological polar surface area (TPSA) is 91.6 Å². The van der Waals surface area contributed by atoms with E-state index in [1.165, 1.54) is 13.2 Å². The number of ether oxygens (including phenoxy) is 2. The summed E-state index contributed by atoms with van der Waals surface area (Å²) in [6.45, 7) is 0. The lowest BCUT2D eigenvalue weighted by atomic mass is 10.2. The number of benzene rings is 1. The Hall–Kier alpha value is -2.19. The van der Waals surface area contributed by atoms with Gasteiger partial charge in [0.15, 0.2) is 0 Å². The zero-order valence-electron chi connectivity index (χ0n) is 11.1. The Bertz CT molecular complexity index is 753. The zero-order chi connectivity index (χ0) is 16.3. The van der Waals surface area contributed by atoms with Gasteiger partial charge in [0.05, 0.1) is 22.6 Å². The van der Waals surface area contributed by atoms with E-state index in [1.807, 2.05) is 0 Å².